The van der Waals surface area contributed by atoms with Gasteiger partial charge in [0.15, 0.2) is 0 Å². The second kappa shape index (κ2) is 9.80. The molecule has 1 aliphatic heterocycles. The summed E-state index contributed by atoms with van der Waals surface area (Å²) >= 11 is 12.2. The number of rotatable bonds is 7. The molecule has 0 bridgehead atoms. The summed E-state index contributed by atoms with van der Waals surface area (Å²) in [6.07, 6.45) is 0.0921. The van der Waals surface area contributed by atoms with Gasteiger partial charge in [0, 0.05) is 23.7 Å². The first-order valence-corrected chi connectivity index (χ1v) is 12.4. The summed E-state index contributed by atoms with van der Waals surface area (Å²) in [6, 6.07) is 8.38. The highest BCUT2D eigenvalue weighted by atomic mass is 35.5. The van der Waals surface area contributed by atoms with Crippen molar-refractivity contribution in [2.75, 3.05) is 10.2 Å². The SMILES string of the molecule is CCC(C)N(C1CC(=O)N(c2ccc(NC(C)=O)cc2)C1=O)S(=O)(=O)c1cc(Cl)ccc1Cl. The minimum Gasteiger partial charge on any atom is -0.326 e. The number of nitrogens with one attached hydrogen (secondary N) is 1. The standard InChI is InChI=1S/C22H23Cl2N3O5S/c1-4-13(2)27(33(31,32)20-11-15(23)5-10-18(20)24)19-12-21(29)26(22(19)30)17-8-6-16(7-9-17)25-14(3)28/h5-11,13,19H,4,12H2,1-3H3,(H,25,28). The lowest BCUT2D eigenvalue weighted by Crippen LogP contribution is -2.49. The molecule has 2 atom stereocenters. The molecule has 0 aliphatic carbocycles. The number of hydrogen-bond donors (Lipinski definition) is 1. The lowest BCUT2D eigenvalue weighted by molar-refractivity contribution is -0.122. The van der Waals surface area contributed by atoms with E-state index in [-0.39, 0.29) is 33.0 Å². The number of nitrogens with zero attached hydrogens (tertiary/aromatic N) is 2. The molecule has 1 saturated heterocycles. The van der Waals surface area contributed by atoms with Gasteiger partial charge in [0.05, 0.1) is 17.1 Å². The second-order valence-corrected chi connectivity index (χ2v) is 10.3. The van der Waals surface area contributed by atoms with Crippen LogP contribution in [-0.2, 0) is 24.4 Å². The minimum absolute atomic E-state index is 0.0325. The molecule has 1 aliphatic rings. The maximum atomic E-state index is 13.6. The van der Waals surface area contributed by atoms with E-state index >= 15 is 0 Å². The van der Waals surface area contributed by atoms with Crippen LogP contribution in [0.2, 0.25) is 10.0 Å². The topological polar surface area (TPSA) is 104 Å². The van der Waals surface area contributed by atoms with Crippen LogP contribution in [0.15, 0.2) is 47.4 Å². The van der Waals surface area contributed by atoms with Gasteiger partial charge in [-0.1, -0.05) is 30.1 Å². The number of halogens is 2. The highest BCUT2D eigenvalue weighted by molar-refractivity contribution is 7.89. The van der Waals surface area contributed by atoms with Gasteiger partial charge in [0.2, 0.25) is 21.8 Å². The van der Waals surface area contributed by atoms with Crippen LogP contribution in [0, 0.1) is 0 Å². The Morgan fingerprint density at radius 2 is 1.82 bits per heavy atom. The van der Waals surface area contributed by atoms with E-state index in [1.807, 2.05) is 0 Å². The third-order valence-electron chi connectivity index (χ3n) is 5.35. The Balaban J connectivity index is 2.00. The lowest BCUT2D eigenvalue weighted by atomic mass is 10.2. The van der Waals surface area contributed by atoms with Crippen LogP contribution in [0.4, 0.5) is 11.4 Å². The van der Waals surface area contributed by atoms with Gasteiger partial charge in [-0.15, -0.1) is 0 Å². The average molecular weight is 512 g/mol. The minimum atomic E-state index is -4.26. The number of imide groups is 1. The van der Waals surface area contributed by atoms with Crippen LogP contribution in [0.1, 0.15) is 33.6 Å². The first kappa shape index (κ1) is 25.2. The number of benzene rings is 2. The van der Waals surface area contributed by atoms with Crippen molar-refractivity contribution < 1.29 is 22.8 Å². The summed E-state index contributed by atoms with van der Waals surface area (Å²) < 4.78 is 28.2. The van der Waals surface area contributed by atoms with Gasteiger partial charge in [0.25, 0.3) is 5.91 Å². The van der Waals surface area contributed by atoms with Crippen molar-refractivity contribution in [1.82, 2.24) is 4.31 Å². The number of amides is 3. The van der Waals surface area contributed by atoms with Crippen LogP contribution in [0.3, 0.4) is 0 Å². The van der Waals surface area contributed by atoms with Gasteiger partial charge < -0.3 is 5.32 Å². The van der Waals surface area contributed by atoms with E-state index in [1.54, 1.807) is 26.0 Å². The quantitative estimate of drug-likeness (QED) is 0.564. The fraction of sp³-hybridized carbons (Fsp3) is 0.318. The molecule has 11 heteroatoms. The number of carbonyl (C=O) groups excluding carboxylic acids is 3. The molecule has 176 valence electrons. The summed E-state index contributed by atoms with van der Waals surface area (Å²) in [5.74, 6) is -1.45. The van der Waals surface area contributed by atoms with Crippen molar-refractivity contribution >= 4 is 62.3 Å². The summed E-state index contributed by atoms with van der Waals surface area (Å²) in [5.41, 5.74) is 0.783. The van der Waals surface area contributed by atoms with Crippen LogP contribution < -0.4 is 10.2 Å². The van der Waals surface area contributed by atoms with E-state index in [0.29, 0.717) is 12.1 Å². The fourth-order valence-electron chi connectivity index (χ4n) is 3.66. The molecule has 0 aromatic heterocycles. The second-order valence-electron chi connectivity index (χ2n) is 7.68. The Labute approximate surface area is 202 Å². The zero-order valence-corrected chi connectivity index (χ0v) is 20.5. The van der Waals surface area contributed by atoms with Crippen LogP contribution in [0.25, 0.3) is 0 Å². The summed E-state index contributed by atoms with van der Waals surface area (Å²) in [4.78, 5) is 38.1. The highest BCUT2D eigenvalue weighted by Gasteiger charge is 2.48. The summed E-state index contributed by atoms with van der Waals surface area (Å²) in [5, 5.41) is 2.75. The van der Waals surface area contributed by atoms with Crippen molar-refractivity contribution in [2.45, 2.75) is 50.6 Å². The molecule has 0 radical (unpaired) electrons. The van der Waals surface area contributed by atoms with Crippen molar-refractivity contribution in [1.29, 1.82) is 0 Å². The fourth-order valence-corrected chi connectivity index (χ4v) is 6.25. The Morgan fingerprint density at radius 1 is 1.18 bits per heavy atom. The number of carbonyl (C=O) groups is 3. The lowest BCUT2D eigenvalue weighted by Gasteiger charge is -2.32. The van der Waals surface area contributed by atoms with Crippen LogP contribution >= 0.6 is 23.2 Å². The molecule has 0 saturated carbocycles. The van der Waals surface area contributed by atoms with Gasteiger partial charge in [-0.2, -0.15) is 4.31 Å². The Bertz CT molecular complexity index is 1200. The largest absolute Gasteiger partial charge is 0.326 e. The molecule has 2 aromatic rings. The molecule has 2 unspecified atom stereocenters. The van der Waals surface area contributed by atoms with Crippen molar-refractivity contribution in [3.05, 3.63) is 52.5 Å². The molecule has 2 aromatic carbocycles. The zero-order valence-electron chi connectivity index (χ0n) is 18.2. The van der Waals surface area contributed by atoms with E-state index in [0.717, 1.165) is 9.21 Å². The molecular weight excluding hydrogens is 489 g/mol. The smallest absolute Gasteiger partial charge is 0.252 e. The average Bonchev–Trinajstić information content (AvgIpc) is 3.03. The molecule has 8 nitrogen and oxygen atoms in total. The summed E-state index contributed by atoms with van der Waals surface area (Å²) in [6.45, 7) is 4.81. The van der Waals surface area contributed by atoms with E-state index in [9.17, 15) is 22.8 Å². The number of hydrogen-bond acceptors (Lipinski definition) is 5. The van der Waals surface area contributed by atoms with Crippen LogP contribution in [-0.4, -0.2) is 42.5 Å². The van der Waals surface area contributed by atoms with Gasteiger partial charge in [-0.05, 0) is 55.8 Å². The van der Waals surface area contributed by atoms with Gasteiger partial charge >= 0.3 is 0 Å². The van der Waals surface area contributed by atoms with Crippen LogP contribution in [0.5, 0.6) is 0 Å². The Hall–Kier alpha value is -2.46. The maximum absolute atomic E-state index is 13.6. The van der Waals surface area contributed by atoms with E-state index < -0.39 is 33.9 Å². The van der Waals surface area contributed by atoms with Crippen molar-refractivity contribution in [3.63, 3.8) is 0 Å². The van der Waals surface area contributed by atoms with Gasteiger partial charge in [-0.25, -0.2) is 13.3 Å². The van der Waals surface area contributed by atoms with Gasteiger partial charge in [0.1, 0.15) is 10.9 Å². The molecule has 0 spiro atoms. The molecule has 1 heterocycles. The molecule has 3 rings (SSSR count). The maximum Gasteiger partial charge on any atom is 0.252 e. The predicted octanol–water partition coefficient (Wildman–Crippen LogP) is 4.07. The predicted molar refractivity (Wildman–Crippen MR) is 127 cm³/mol. The van der Waals surface area contributed by atoms with Crippen molar-refractivity contribution in [3.8, 4) is 0 Å². The number of sulfonamides is 1. The van der Waals surface area contributed by atoms with Gasteiger partial charge in [-0.3, -0.25) is 14.4 Å². The third-order valence-corrected chi connectivity index (χ3v) is 8.09. The Morgan fingerprint density at radius 3 is 2.39 bits per heavy atom. The van der Waals surface area contributed by atoms with E-state index in [1.165, 1.54) is 37.3 Å². The molecule has 1 N–H and O–H groups in total. The first-order valence-electron chi connectivity index (χ1n) is 10.2. The normalized spacial score (nSPS) is 17.5. The molecule has 1 fully saturated rings. The number of anilines is 2. The molecule has 33 heavy (non-hydrogen) atoms. The van der Waals surface area contributed by atoms with E-state index in [4.69, 9.17) is 23.2 Å². The Kier molecular flexibility index (Phi) is 7.48. The van der Waals surface area contributed by atoms with Crippen molar-refractivity contribution in [2.24, 2.45) is 0 Å². The molecular formula is C22H23Cl2N3O5S. The molecule has 3 amide bonds. The monoisotopic (exact) mass is 511 g/mol. The zero-order chi connectivity index (χ0) is 24.5. The van der Waals surface area contributed by atoms with E-state index in [2.05, 4.69) is 5.32 Å². The summed E-state index contributed by atoms with van der Waals surface area (Å²) in [7, 11) is -4.26. The first-order chi connectivity index (χ1) is 15.5. The highest BCUT2D eigenvalue weighted by Crippen LogP contribution is 2.35. The third kappa shape index (κ3) is 5.06.